The van der Waals surface area contributed by atoms with E-state index in [1.54, 1.807) is 17.4 Å². The van der Waals surface area contributed by atoms with Crippen molar-refractivity contribution in [2.24, 2.45) is 17.8 Å². The Balaban J connectivity index is 0.00000182. The van der Waals surface area contributed by atoms with Crippen molar-refractivity contribution in [3.05, 3.63) is 86.8 Å². The Morgan fingerprint density at radius 2 is 2.02 bits per heavy atom. The van der Waals surface area contributed by atoms with E-state index in [0.29, 0.717) is 24.0 Å². The number of thiazole rings is 1. The highest BCUT2D eigenvalue weighted by Crippen LogP contribution is 2.49. The molecule has 2 N–H and O–H groups in total. The number of allylic oxidation sites excluding steroid dienone is 2. The Bertz CT molecular complexity index is 1600. The summed E-state index contributed by atoms with van der Waals surface area (Å²) in [6, 6.07) is 12.0. The number of amides is 1. The molecule has 6 unspecified atom stereocenters. The highest BCUT2D eigenvalue weighted by molar-refractivity contribution is 7.84. The minimum atomic E-state index is -1.51. The Morgan fingerprint density at radius 1 is 1.17 bits per heavy atom. The first-order valence-electron chi connectivity index (χ1n) is 16.3. The normalized spacial score (nSPS) is 31.5. The molecular weight excluding hydrogens is 638 g/mol. The van der Waals surface area contributed by atoms with Crippen molar-refractivity contribution in [3.8, 4) is 5.75 Å². The van der Waals surface area contributed by atoms with Crippen LogP contribution < -0.4 is 14.4 Å². The number of halogens is 1. The molecule has 246 valence electrons. The molecule has 1 amide bonds. The van der Waals surface area contributed by atoms with Gasteiger partial charge in [0.1, 0.15) is 16.7 Å². The summed E-state index contributed by atoms with van der Waals surface area (Å²) in [7, 11) is -0.508. The average molecular weight is 682 g/mol. The van der Waals surface area contributed by atoms with Gasteiger partial charge in [-0.2, -0.15) is 0 Å². The number of benzene rings is 2. The van der Waals surface area contributed by atoms with Gasteiger partial charge in [-0.1, -0.05) is 36.7 Å². The number of ether oxygens (including phenoxy) is 1. The van der Waals surface area contributed by atoms with Crippen LogP contribution in [0.1, 0.15) is 78.4 Å². The van der Waals surface area contributed by atoms with Gasteiger partial charge in [-0.3, -0.25) is 9.52 Å². The highest BCUT2D eigenvalue weighted by atomic mass is 35.5. The first-order chi connectivity index (χ1) is 22.3. The lowest BCUT2D eigenvalue weighted by Crippen LogP contribution is -2.49. The summed E-state index contributed by atoms with van der Waals surface area (Å²) in [6.07, 6.45) is 12.8. The van der Waals surface area contributed by atoms with Crippen molar-refractivity contribution in [1.29, 1.82) is 0 Å². The maximum atomic E-state index is 13.4. The summed E-state index contributed by atoms with van der Waals surface area (Å²) in [5.41, 5.74) is 3.92. The van der Waals surface area contributed by atoms with Crippen LogP contribution >= 0.6 is 22.9 Å². The summed E-state index contributed by atoms with van der Waals surface area (Å²) in [4.78, 5) is 20.7. The second-order valence-corrected chi connectivity index (χ2v) is 16.2. The van der Waals surface area contributed by atoms with E-state index in [1.165, 1.54) is 29.0 Å². The van der Waals surface area contributed by atoms with Gasteiger partial charge in [-0.15, -0.1) is 11.3 Å². The number of aromatic nitrogens is 1. The number of nitrogens with one attached hydrogen (secondary N) is 1. The Kier molecular flexibility index (Phi) is 10.2. The SMILES string of the molecule is CC1C/C=C/C(c2nccs2)C2CCC2CN2C[C@@]3(CCCc4cc(Cl)ccc43)COc3ccc(cc32)C(=O)NS(=O)C1C.CO. The molecule has 10 heteroatoms. The molecule has 7 atom stereocenters. The van der Waals surface area contributed by atoms with Crippen LogP contribution in [0, 0.1) is 17.8 Å². The Hall–Kier alpha value is -2.72. The number of aryl methyl sites for hydroxylation is 1. The first kappa shape index (κ1) is 33.2. The topological polar surface area (TPSA) is 91.8 Å². The molecule has 46 heavy (non-hydrogen) atoms. The van der Waals surface area contributed by atoms with Crippen LogP contribution in [0.25, 0.3) is 0 Å². The predicted molar refractivity (Wildman–Crippen MR) is 187 cm³/mol. The smallest absolute Gasteiger partial charge is 0.263 e. The van der Waals surface area contributed by atoms with E-state index < -0.39 is 11.0 Å². The van der Waals surface area contributed by atoms with Gasteiger partial charge in [-0.25, -0.2) is 9.19 Å². The van der Waals surface area contributed by atoms with Crippen LogP contribution in [0.4, 0.5) is 5.69 Å². The number of hydrogen-bond acceptors (Lipinski definition) is 7. The second-order valence-electron chi connectivity index (χ2n) is 13.3. The lowest BCUT2D eigenvalue weighted by atomic mass is 9.66. The third-order valence-electron chi connectivity index (χ3n) is 10.6. The van der Waals surface area contributed by atoms with E-state index in [-0.39, 0.29) is 28.4 Å². The van der Waals surface area contributed by atoms with E-state index in [4.69, 9.17) is 26.4 Å². The number of fused-ring (bicyclic) bond motifs is 4. The zero-order valence-electron chi connectivity index (χ0n) is 26.8. The molecule has 3 heterocycles. The van der Waals surface area contributed by atoms with Gasteiger partial charge in [0.05, 0.1) is 22.6 Å². The van der Waals surface area contributed by atoms with Gasteiger partial charge >= 0.3 is 0 Å². The number of carbonyl (C=O) groups excluding carboxylic acids is 1. The largest absolute Gasteiger partial charge is 0.490 e. The minimum Gasteiger partial charge on any atom is -0.490 e. The van der Waals surface area contributed by atoms with Crippen molar-refractivity contribution in [1.82, 2.24) is 9.71 Å². The summed E-state index contributed by atoms with van der Waals surface area (Å²) >= 11 is 8.19. The average Bonchev–Trinajstić information content (AvgIpc) is 3.54. The number of rotatable bonds is 1. The molecular formula is C36H44ClN3O4S2. The summed E-state index contributed by atoms with van der Waals surface area (Å²) in [6.45, 7) is 6.33. The standard InChI is InChI=1S/C35H40ClN3O3S2.CH4O/c1-22-5-3-7-29(34-37-15-16-43-34)28-11-8-26(28)19-39-20-35(14-4-6-24-17-27(36)10-12-30(24)35)21-42-32-13-9-25(18-31(32)39)33(40)38-44(41)23(22)2;1-2/h3,7,9-10,12-13,15-18,22-23,26,28-29H,4-6,8,11,14,19-21H2,1-2H3,(H,38,40);2H,1H3/b7-3+;/t22?,23?,26?,28?,29?,35-,44?;/m0./s1. The van der Waals surface area contributed by atoms with E-state index in [1.807, 2.05) is 31.3 Å². The van der Waals surface area contributed by atoms with Crippen molar-refractivity contribution in [2.75, 3.05) is 31.7 Å². The number of anilines is 1. The molecule has 4 aliphatic rings. The van der Waals surface area contributed by atoms with Crippen molar-refractivity contribution in [3.63, 3.8) is 0 Å². The lowest BCUT2D eigenvalue weighted by molar-refractivity contribution is 0.0982. The van der Waals surface area contributed by atoms with Crippen LogP contribution in [-0.2, 0) is 22.8 Å². The highest BCUT2D eigenvalue weighted by Gasteiger charge is 2.44. The molecule has 2 bridgehead atoms. The van der Waals surface area contributed by atoms with Gasteiger partial charge in [-0.05, 0) is 105 Å². The summed E-state index contributed by atoms with van der Waals surface area (Å²) in [5, 5.41) is 10.8. The first-order valence-corrected chi connectivity index (χ1v) is 18.8. The minimum absolute atomic E-state index is 0.148. The molecule has 2 aliphatic heterocycles. The zero-order valence-corrected chi connectivity index (χ0v) is 29.2. The molecule has 0 radical (unpaired) electrons. The summed E-state index contributed by atoms with van der Waals surface area (Å²) in [5.74, 6) is 1.87. The third-order valence-corrected chi connectivity index (χ3v) is 13.3. The molecule has 1 saturated carbocycles. The molecule has 7 rings (SSSR count). The number of hydrogen-bond donors (Lipinski definition) is 2. The number of aliphatic hydroxyl groups is 1. The van der Waals surface area contributed by atoms with Gasteiger partial charge in [0.15, 0.2) is 0 Å². The predicted octanol–water partition coefficient (Wildman–Crippen LogP) is 7.07. The van der Waals surface area contributed by atoms with E-state index >= 15 is 0 Å². The molecule has 7 nitrogen and oxygen atoms in total. The van der Waals surface area contributed by atoms with Crippen LogP contribution in [0.3, 0.4) is 0 Å². The summed E-state index contributed by atoms with van der Waals surface area (Å²) < 4.78 is 22.7. The Morgan fingerprint density at radius 3 is 2.78 bits per heavy atom. The zero-order chi connectivity index (χ0) is 32.4. The molecule has 1 aromatic heterocycles. The Labute approximate surface area is 284 Å². The fraction of sp³-hybridized carbons (Fsp3) is 0.500. The molecule has 2 aromatic carbocycles. The van der Waals surface area contributed by atoms with E-state index in [9.17, 15) is 9.00 Å². The molecule has 0 saturated heterocycles. The molecule has 3 aromatic rings. The lowest BCUT2D eigenvalue weighted by Gasteiger charge is -2.46. The van der Waals surface area contributed by atoms with Gasteiger partial charge in [0.25, 0.3) is 5.91 Å². The molecule has 2 aliphatic carbocycles. The maximum Gasteiger partial charge on any atom is 0.263 e. The monoisotopic (exact) mass is 681 g/mol. The molecule has 1 fully saturated rings. The second kappa shape index (κ2) is 14.2. The van der Waals surface area contributed by atoms with Gasteiger partial charge in [0.2, 0.25) is 0 Å². The fourth-order valence-corrected chi connectivity index (χ4v) is 9.73. The number of nitrogens with zero attached hydrogens (tertiary/aromatic N) is 2. The molecule has 1 spiro atoms. The van der Waals surface area contributed by atoms with E-state index in [2.05, 4.69) is 46.2 Å². The number of carbonyl (C=O) groups is 1. The van der Waals surface area contributed by atoms with Gasteiger partial charge in [0, 0.05) is 53.7 Å². The van der Waals surface area contributed by atoms with Crippen LogP contribution in [-0.4, -0.2) is 52.3 Å². The third kappa shape index (κ3) is 6.53. The van der Waals surface area contributed by atoms with Crippen molar-refractivity contribution >= 4 is 45.5 Å². The van der Waals surface area contributed by atoms with Crippen LogP contribution in [0.2, 0.25) is 5.02 Å². The van der Waals surface area contributed by atoms with Gasteiger partial charge < -0.3 is 14.7 Å². The van der Waals surface area contributed by atoms with Crippen LogP contribution in [0.15, 0.2) is 60.1 Å². The van der Waals surface area contributed by atoms with Crippen molar-refractivity contribution < 1.29 is 18.8 Å². The van der Waals surface area contributed by atoms with Crippen LogP contribution in [0.5, 0.6) is 5.75 Å². The maximum absolute atomic E-state index is 13.4. The fourth-order valence-electron chi connectivity index (χ4n) is 7.73. The number of aliphatic hydroxyl groups excluding tert-OH is 1. The van der Waals surface area contributed by atoms with Crippen molar-refractivity contribution in [2.45, 2.75) is 69.0 Å². The van der Waals surface area contributed by atoms with E-state index in [0.717, 1.165) is 62.3 Å². The quantitative estimate of drug-likeness (QED) is 0.267.